The normalized spacial score (nSPS) is 15.7. The zero-order valence-electron chi connectivity index (χ0n) is 15.7. The third-order valence-electron chi connectivity index (χ3n) is 5.08. The Balaban J connectivity index is 1.86. The lowest BCUT2D eigenvalue weighted by molar-refractivity contribution is 0.0971. The van der Waals surface area contributed by atoms with Gasteiger partial charge in [0.1, 0.15) is 17.4 Å². The molecule has 0 saturated carbocycles. The van der Waals surface area contributed by atoms with Gasteiger partial charge in [-0.1, -0.05) is 29.8 Å². The Morgan fingerprint density at radius 2 is 2.00 bits per heavy atom. The molecule has 0 radical (unpaired) electrons. The molecule has 144 valence electrons. The third kappa shape index (κ3) is 2.58. The smallest absolute Gasteiger partial charge is 0.297 e. The van der Waals surface area contributed by atoms with Gasteiger partial charge in [0.2, 0.25) is 5.76 Å². The minimum absolute atomic E-state index is 0.0532. The molecule has 4 aromatic rings. The first-order chi connectivity index (χ1) is 14.1. The second-order valence-corrected chi connectivity index (χ2v) is 7.68. The lowest BCUT2D eigenvalue weighted by Gasteiger charge is -2.24. The van der Waals surface area contributed by atoms with Crippen molar-refractivity contribution in [2.24, 2.45) is 0 Å². The van der Waals surface area contributed by atoms with Crippen LogP contribution in [0.3, 0.4) is 0 Å². The summed E-state index contributed by atoms with van der Waals surface area (Å²) in [6.07, 6.45) is 1.63. The van der Waals surface area contributed by atoms with Crippen LogP contribution in [0.25, 0.3) is 11.0 Å². The molecule has 1 atom stereocenters. The van der Waals surface area contributed by atoms with E-state index in [1.807, 2.05) is 37.3 Å². The number of anilines is 1. The number of nitrogens with zero attached hydrogens (tertiary/aromatic N) is 2. The van der Waals surface area contributed by atoms with Crippen molar-refractivity contribution < 1.29 is 13.9 Å². The number of carbonyl (C=O) groups is 1. The van der Waals surface area contributed by atoms with E-state index in [4.69, 9.17) is 9.15 Å². The van der Waals surface area contributed by atoms with Crippen LogP contribution < -0.4 is 15.1 Å². The van der Waals surface area contributed by atoms with Crippen molar-refractivity contribution in [2.75, 3.05) is 12.0 Å². The topological polar surface area (TPSA) is 72.6 Å². The summed E-state index contributed by atoms with van der Waals surface area (Å²) in [6, 6.07) is 12.1. The third-order valence-corrected chi connectivity index (χ3v) is 5.86. The Morgan fingerprint density at radius 3 is 2.76 bits per heavy atom. The largest absolute Gasteiger partial charge is 0.496 e. The first kappa shape index (κ1) is 17.6. The number of carbonyl (C=O) groups excluding carboxylic acids is 1. The van der Waals surface area contributed by atoms with Gasteiger partial charge in [-0.2, -0.15) is 0 Å². The van der Waals surface area contributed by atoms with E-state index < -0.39 is 6.04 Å². The van der Waals surface area contributed by atoms with Gasteiger partial charge >= 0.3 is 0 Å². The summed E-state index contributed by atoms with van der Waals surface area (Å²) in [4.78, 5) is 32.7. The molecule has 0 spiro atoms. The fourth-order valence-electron chi connectivity index (χ4n) is 3.81. The quantitative estimate of drug-likeness (QED) is 0.509. The molecular formula is C22H16N2O4S. The van der Waals surface area contributed by atoms with Gasteiger partial charge in [-0.25, -0.2) is 4.98 Å². The lowest BCUT2D eigenvalue weighted by atomic mass is 9.97. The molecule has 0 bridgehead atoms. The number of amides is 1. The summed E-state index contributed by atoms with van der Waals surface area (Å²) in [6.45, 7) is 1.91. The van der Waals surface area contributed by atoms with Crippen LogP contribution in [-0.2, 0) is 0 Å². The molecule has 5 rings (SSSR count). The molecule has 3 heterocycles. The van der Waals surface area contributed by atoms with Gasteiger partial charge in [-0.3, -0.25) is 14.5 Å². The molecule has 7 heteroatoms. The van der Waals surface area contributed by atoms with Crippen molar-refractivity contribution in [2.45, 2.75) is 13.0 Å². The van der Waals surface area contributed by atoms with Gasteiger partial charge in [-0.15, -0.1) is 11.3 Å². The number of hydrogen-bond donors (Lipinski definition) is 0. The number of methoxy groups -OCH3 is 1. The van der Waals surface area contributed by atoms with E-state index in [9.17, 15) is 9.59 Å². The maximum Gasteiger partial charge on any atom is 0.297 e. The van der Waals surface area contributed by atoms with Crippen LogP contribution in [0.1, 0.15) is 33.3 Å². The molecule has 1 amide bonds. The van der Waals surface area contributed by atoms with Crippen LogP contribution in [0, 0.1) is 6.92 Å². The molecule has 1 aliphatic rings. The highest BCUT2D eigenvalue weighted by Gasteiger charge is 2.45. The molecule has 6 nitrogen and oxygen atoms in total. The van der Waals surface area contributed by atoms with E-state index >= 15 is 0 Å². The van der Waals surface area contributed by atoms with E-state index in [0.29, 0.717) is 33.0 Å². The van der Waals surface area contributed by atoms with Crippen molar-refractivity contribution >= 4 is 33.3 Å². The number of para-hydroxylation sites is 1. The predicted octanol–water partition coefficient (Wildman–Crippen LogP) is 4.32. The van der Waals surface area contributed by atoms with Crippen LogP contribution in [0.5, 0.6) is 5.75 Å². The molecule has 2 aromatic heterocycles. The molecular weight excluding hydrogens is 388 g/mol. The first-order valence-corrected chi connectivity index (χ1v) is 9.91. The highest BCUT2D eigenvalue weighted by atomic mass is 32.1. The Morgan fingerprint density at radius 1 is 1.17 bits per heavy atom. The monoisotopic (exact) mass is 404 g/mol. The van der Waals surface area contributed by atoms with Crippen LogP contribution in [-0.4, -0.2) is 18.0 Å². The molecule has 29 heavy (non-hydrogen) atoms. The molecule has 0 N–H and O–H groups in total. The van der Waals surface area contributed by atoms with Gasteiger partial charge in [0.05, 0.1) is 18.1 Å². The van der Waals surface area contributed by atoms with Gasteiger partial charge < -0.3 is 9.15 Å². The highest BCUT2D eigenvalue weighted by molar-refractivity contribution is 7.13. The molecule has 0 aliphatic carbocycles. The number of ether oxygens (including phenoxy) is 1. The Kier molecular flexibility index (Phi) is 3.99. The first-order valence-electron chi connectivity index (χ1n) is 9.03. The summed E-state index contributed by atoms with van der Waals surface area (Å²) < 4.78 is 11.5. The van der Waals surface area contributed by atoms with Gasteiger partial charge in [0.15, 0.2) is 10.6 Å². The van der Waals surface area contributed by atoms with Crippen molar-refractivity contribution in [3.63, 3.8) is 0 Å². The van der Waals surface area contributed by atoms with E-state index in [2.05, 4.69) is 4.98 Å². The number of aryl methyl sites for hydroxylation is 1. The summed E-state index contributed by atoms with van der Waals surface area (Å²) in [5.74, 6) is 0.256. The van der Waals surface area contributed by atoms with E-state index in [0.717, 1.165) is 5.56 Å². The van der Waals surface area contributed by atoms with Crippen LogP contribution in [0.4, 0.5) is 5.13 Å². The maximum absolute atomic E-state index is 13.5. The van der Waals surface area contributed by atoms with Crippen LogP contribution >= 0.6 is 11.3 Å². The molecule has 2 aromatic carbocycles. The number of hydrogen-bond acceptors (Lipinski definition) is 6. The lowest BCUT2D eigenvalue weighted by Crippen LogP contribution is -2.29. The van der Waals surface area contributed by atoms with E-state index in [1.54, 1.807) is 30.8 Å². The summed E-state index contributed by atoms with van der Waals surface area (Å²) in [5, 5.41) is 2.74. The zero-order valence-corrected chi connectivity index (χ0v) is 16.5. The summed E-state index contributed by atoms with van der Waals surface area (Å²) in [5.41, 5.74) is 2.14. The fraction of sp³-hybridized carbons (Fsp3) is 0.136. The van der Waals surface area contributed by atoms with Crippen LogP contribution in [0.15, 0.2) is 63.3 Å². The Hall–Kier alpha value is -3.45. The van der Waals surface area contributed by atoms with Gasteiger partial charge in [-0.05, 0) is 25.1 Å². The van der Waals surface area contributed by atoms with Crippen LogP contribution in [0.2, 0.25) is 0 Å². The number of benzene rings is 2. The average molecular weight is 404 g/mol. The van der Waals surface area contributed by atoms with Crippen molar-refractivity contribution in [1.82, 2.24) is 4.98 Å². The number of aromatic nitrogens is 1. The summed E-state index contributed by atoms with van der Waals surface area (Å²) in [7, 11) is 1.57. The van der Waals surface area contributed by atoms with Gasteiger partial charge in [0, 0.05) is 17.1 Å². The Bertz CT molecular complexity index is 1310. The second-order valence-electron chi connectivity index (χ2n) is 6.81. The minimum atomic E-state index is -0.680. The van der Waals surface area contributed by atoms with Crippen molar-refractivity contribution in [1.29, 1.82) is 0 Å². The Labute approximate surface area is 170 Å². The number of rotatable bonds is 3. The van der Waals surface area contributed by atoms with Crippen molar-refractivity contribution in [3.8, 4) is 5.75 Å². The SMILES string of the molecule is COc1ccccc1[C@H]1c2c(oc3ccc(C)cc3c2=O)C(=O)N1c1nccs1. The number of thiazole rings is 1. The predicted molar refractivity (Wildman–Crippen MR) is 111 cm³/mol. The molecule has 0 fully saturated rings. The highest BCUT2D eigenvalue weighted by Crippen LogP contribution is 2.44. The molecule has 0 saturated heterocycles. The number of fused-ring (bicyclic) bond motifs is 2. The van der Waals surface area contributed by atoms with Crippen molar-refractivity contribution in [3.05, 3.63) is 86.7 Å². The van der Waals surface area contributed by atoms with E-state index in [-0.39, 0.29) is 17.1 Å². The standard InChI is InChI=1S/C22H16N2O4S/c1-12-7-8-16-14(11-12)19(25)17-18(13-5-3-4-6-15(13)27-2)24(21(26)20(17)28-16)22-23-9-10-29-22/h3-11,18H,1-2H3/t18-/m0/s1. The summed E-state index contributed by atoms with van der Waals surface area (Å²) >= 11 is 1.33. The fourth-order valence-corrected chi connectivity index (χ4v) is 4.47. The van der Waals surface area contributed by atoms with Gasteiger partial charge in [0.25, 0.3) is 5.91 Å². The molecule has 1 aliphatic heterocycles. The van der Waals surface area contributed by atoms with E-state index in [1.165, 1.54) is 16.2 Å². The minimum Gasteiger partial charge on any atom is -0.496 e. The molecule has 0 unspecified atom stereocenters. The second kappa shape index (κ2) is 6.56. The zero-order chi connectivity index (χ0) is 20.1. The average Bonchev–Trinajstić information content (AvgIpc) is 3.35. The maximum atomic E-state index is 13.5.